The maximum absolute atomic E-state index is 12.0. The first kappa shape index (κ1) is 14.5. The van der Waals surface area contributed by atoms with Crippen LogP contribution < -0.4 is 5.32 Å². The van der Waals surface area contributed by atoms with Crippen LogP contribution >= 0.6 is 11.3 Å². The van der Waals surface area contributed by atoms with Gasteiger partial charge in [0.15, 0.2) is 0 Å². The molecule has 1 N–H and O–H groups in total. The van der Waals surface area contributed by atoms with Crippen LogP contribution in [-0.2, 0) is 4.79 Å². The van der Waals surface area contributed by atoms with E-state index in [-0.39, 0.29) is 11.9 Å². The lowest BCUT2D eigenvalue weighted by Gasteiger charge is -2.27. The topological polar surface area (TPSA) is 45.2 Å². The van der Waals surface area contributed by atoms with E-state index in [4.69, 9.17) is 0 Å². The normalized spacial score (nSPS) is 17.5. The van der Waals surface area contributed by atoms with E-state index in [1.54, 1.807) is 11.3 Å². The highest BCUT2D eigenvalue weighted by Crippen LogP contribution is 2.15. The average Bonchev–Trinajstić information content (AvgIpc) is 2.86. The predicted octanol–water partition coefficient (Wildman–Crippen LogP) is 2.50. The number of aryl methyl sites for hydroxylation is 1. The summed E-state index contributed by atoms with van der Waals surface area (Å²) in [4.78, 5) is 18.5. The van der Waals surface area contributed by atoms with Gasteiger partial charge in [-0.15, -0.1) is 11.3 Å². The van der Waals surface area contributed by atoms with Crippen molar-refractivity contribution in [3.05, 3.63) is 16.1 Å². The Morgan fingerprint density at radius 2 is 2.21 bits per heavy atom. The molecule has 1 aromatic heterocycles. The lowest BCUT2D eigenvalue weighted by Crippen LogP contribution is -2.37. The number of amides is 1. The Balaban J connectivity index is 1.69. The first-order valence-electron chi connectivity index (χ1n) is 7.10. The van der Waals surface area contributed by atoms with Crippen LogP contribution in [0.4, 0.5) is 0 Å². The number of thiazole rings is 1. The molecule has 19 heavy (non-hydrogen) atoms. The zero-order valence-corrected chi connectivity index (χ0v) is 12.6. The second-order valence-electron chi connectivity index (χ2n) is 5.16. The van der Waals surface area contributed by atoms with Gasteiger partial charge in [0, 0.05) is 37.5 Å². The molecular weight excluding hydrogens is 258 g/mol. The molecule has 2 heterocycles. The van der Waals surface area contributed by atoms with Gasteiger partial charge in [-0.2, -0.15) is 0 Å². The zero-order chi connectivity index (χ0) is 13.7. The van der Waals surface area contributed by atoms with Crippen molar-refractivity contribution in [3.63, 3.8) is 0 Å². The maximum Gasteiger partial charge on any atom is 0.223 e. The second-order valence-corrected chi connectivity index (χ2v) is 6.22. The first-order chi connectivity index (χ1) is 9.16. The zero-order valence-electron chi connectivity index (χ0n) is 11.8. The molecule has 5 heteroatoms. The summed E-state index contributed by atoms with van der Waals surface area (Å²) in [6.45, 7) is 6.73. The largest absolute Gasteiger partial charge is 0.343 e. The number of hydrogen-bond acceptors (Lipinski definition) is 4. The number of likely N-dealkylation sites (tertiary alicyclic amines) is 1. The molecule has 0 spiro atoms. The summed E-state index contributed by atoms with van der Waals surface area (Å²) in [6, 6.07) is 0.221. The fourth-order valence-corrected chi connectivity index (χ4v) is 3.09. The lowest BCUT2D eigenvalue weighted by atomic mass is 10.1. The summed E-state index contributed by atoms with van der Waals surface area (Å²) in [5.74, 6) is 0.286. The van der Waals surface area contributed by atoms with Crippen molar-refractivity contribution in [2.24, 2.45) is 0 Å². The van der Waals surface area contributed by atoms with Gasteiger partial charge in [0.2, 0.25) is 5.91 Å². The molecule has 1 fully saturated rings. The van der Waals surface area contributed by atoms with Crippen LogP contribution in [0.2, 0.25) is 0 Å². The molecule has 1 aromatic rings. The minimum absolute atomic E-state index is 0.221. The molecule has 1 aliphatic heterocycles. The minimum atomic E-state index is 0.221. The number of piperidine rings is 1. The van der Waals surface area contributed by atoms with Gasteiger partial charge in [-0.1, -0.05) is 0 Å². The van der Waals surface area contributed by atoms with Gasteiger partial charge in [-0.05, 0) is 33.1 Å². The Morgan fingerprint density at radius 1 is 1.47 bits per heavy atom. The lowest BCUT2D eigenvalue weighted by molar-refractivity contribution is -0.132. The van der Waals surface area contributed by atoms with Crippen molar-refractivity contribution in [1.29, 1.82) is 0 Å². The Morgan fingerprint density at radius 3 is 2.84 bits per heavy atom. The van der Waals surface area contributed by atoms with Crippen molar-refractivity contribution < 1.29 is 4.79 Å². The molecule has 2 rings (SSSR count). The summed E-state index contributed by atoms with van der Waals surface area (Å²) in [6.07, 6.45) is 4.18. The molecule has 0 radical (unpaired) electrons. The van der Waals surface area contributed by atoms with Crippen LogP contribution in [-0.4, -0.2) is 35.4 Å². The van der Waals surface area contributed by atoms with Crippen LogP contribution in [0.25, 0.3) is 0 Å². The molecule has 0 saturated carbocycles. The van der Waals surface area contributed by atoms with E-state index in [1.807, 2.05) is 11.8 Å². The van der Waals surface area contributed by atoms with Crippen molar-refractivity contribution in [2.45, 2.75) is 45.6 Å². The average molecular weight is 281 g/mol. The Bertz CT molecular complexity index is 413. The number of nitrogens with zero attached hydrogens (tertiary/aromatic N) is 2. The Labute approximate surface area is 119 Å². The number of carbonyl (C=O) groups is 1. The third kappa shape index (κ3) is 4.28. The van der Waals surface area contributed by atoms with E-state index in [0.717, 1.165) is 43.2 Å². The van der Waals surface area contributed by atoms with Gasteiger partial charge in [-0.25, -0.2) is 4.98 Å². The molecule has 1 amide bonds. The van der Waals surface area contributed by atoms with Crippen LogP contribution in [0.3, 0.4) is 0 Å². The van der Waals surface area contributed by atoms with Gasteiger partial charge < -0.3 is 10.2 Å². The minimum Gasteiger partial charge on any atom is -0.343 e. The van der Waals surface area contributed by atoms with Crippen molar-refractivity contribution in [2.75, 3.05) is 19.6 Å². The molecule has 1 saturated heterocycles. The molecule has 106 valence electrons. The predicted molar refractivity (Wildman–Crippen MR) is 78.3 cm³/mol. The van der Waals surface area contributed by atoms with E-state index in [0.29, 0.717) is 6.42 Å². The standard InChI is InChI=1S/C14H23N3OS/c1-11(13-10-19-12(2)16-13)15-7-6-14(18)17-8-4-3-5-9-17/h10-11,15H,3-9H2,1-2H3. The molecule has 1 unspecified atom stereocenters. The van der Waals surface area contributed by atoms with E-state index < -0.39 is 0 Å². The molecule has 0 aromatic carbocycles. The Kier molecular flexibility index (Phi) is 5.34. The summed E-state index contributed by atoms with van der Waals surface area (Å²) in [5.41, 5.74) is 1.08. The van der Waals surface area contributed by atoms with Crippen molar-refractivity contribution in [3.8, 4) is 0 Å². The van der Waals surface area contributed by atoms with Crippen molar-refractivity contribution in [1.82, 2.24) is 15.2 Å². The maximum atomic E-state index is 12.0. The molecule has 0 bridgehead atoms. The van der Waals surface area contributed by atoms with Gasteiger partial charge in [0.1, 0.15) is 0 Å². The SMILES string of the molecule is Cc1nc(C(C)NCCC(=O)N2CCCCC2)cs1. The van der Waals surface area contributed by atoms with E-state index in [2.05, 4.69) is 22.6 Å². The van der Waals surface area contributed by atoms with E-state index in [1.165, 1.54) is 6.42 Å². The van der Waals surface area contributed by atoms with Crippen molar-refractivity contribution >= 4 is 17.2 Å². The first-order valence-corrected chi connectivity index (χ1v) is 7.98. The van der Waals surface area contributed by atoms with Gasteiger partial charge in [0.25, 0.3) is 0 Å². The van der Waals surface area contributed by atoms with Crippen LogP contribution in [0.5, 0.6) is 0 Å². The summed E-state index contributed by atoms with van der Waals surface area (Å²) >= 11 is 1.67. The molecule has 1 aliphatic rings. The van der Waals surface area contributed by atoms with Gasteiger partial charge in [0.05, 0.1) is 10.7 Å². The third-order valence-electron chi connectivity index (χ3n) is 3.58. The number of hydrogen-bond donors (Lipinski definition) is 1. The fraction of sp³-hybridized carbons (Fsp3) is 0.714. The number of rotatable bonds is 5. The molecule has 0 aliphatic carbocycles. The van der Waals surface area contributed by atoms with Crippen LogP contribution in [0.15, 0.2) is 5.38 Å². The Hall–Kier alpha value is -0.940. The monoisotopic (exact) mass is 281 g/mol. The van der Waals surface area contributed by atoms with Crippen LogP contribution in [0.1, 0.15) is 49.4 Å². The second kappa shape index (κ2) is 7.01. The van der Waals surface area contributed by atoms with E-state index in [9.17, 15) is 4.79 Å². The third-order valence-corrected chi connectivity index (χ3v) is 4.37. The fourth-order valence-electron chi connectivity index (χ4n) is 2.38. The van der Waals surface area contributed by atoms with Gasteiger partial charge >= 0.3 is 0 Å². The summed E-state index contributed by atoms with van der Waals surface area (Å²) in [7, 11) is 0. The number of nitrogens with one attached hydrogen (secondary N) is 1. The van der Waals surface area contributed by atoms with E-state index >= 15 is 0 Å². The summed E-state index contributed by atoms with van der Waals surface area (Å²) in [5, 5.41) is 6.55. The highest BCUT2D eigenvalue weighted by atomic mass is 32.1. The molecular formula is C14H23N3OS. The molecule has 1 atom stereocenters. The van der Waals surface area contributed by atoms with Gasteiger partial charge in [-0.3, -0.25) is 4.79 Å². The smallest absolute Gasteiger partial charge is 0.223 e. The quantitative estimate of drug-likeness (QED) is 0.902. The number of carbonyl (C=O) groups excluding carboxylic acids is 1. The highest BCUT2D eigenvalue weighted by Gasteiger charge is 2.16. The highest BCUT2D eigenvalue weighted by molar-refractivity contribution is 7.09. The number of aromatic nitrogens is 1. The summed E-state index contributed by atoms with van der Waals surface area (Å²) < 4.78 is 0. The molecule has 4 nitrogen and oxygen atoms in total. The van der Waals surface area contributed by atoms with Crippen LogP contribution in [0, 0.1) is 6.92 Å².